The molecule has 0 saturated heterocycles. The third-order valence-corrected chi connectivity index (χ3v) is 6.23. The summed E-state index contributed by atoms with van der Waals surface area (Å²) >= 11 is 6.08. The molecule has 0 aliphatic heterocycles. The van der Waals surface area contributed by atoms with E-state index in [4.69, 9.17) is 20.8 Å². The molecule has 2 aromatic heterocycles. The van der Waals surface area contributed by atoms with Gasteiger partial charge >= 0.3 is 5.97 Å². The highest BCUT2D eigenvalue weighted by Gasteiger charge is 2.25. The number of anilines is 1. The zero-order valence-corrected chi connectivity index (χ0v) is 23.2. The Morgan fingerprint density at radius 1 is 1.18 bits per heavy atom. The van der Waals surface area contributed by atoms with Gasteiger partial charge in [0, 0.05) is 11.1 Å². The summed E-state index contributed by atoms with van der Waals surface area (Å²) in [6, 6.07) is 12.1. The molecule has 7 nitrogen and oxygen atoms in total. The average molecular weight is 548 g/mol. The van der Waals surface area contributed by atoms with Crippen LogP contribution in [0.15, 0.2) is 51.7 Å². The number of halogens is 2. The van der Waals surface area contributed by atoms with Crippen LogP contribution in [0.1, 0.15) is 66.5 Å². The van der Waals surface area contributed by atoms with Crippen LogP contribution in [0.5, 0.6) is 0 Å². The number of esters is 1. The minimum atomic E-state index is -0.744. The molecule has 2 aromatic carbocycles. The number of nitriles is 1. The molecule has 0 spiro atoms. The molecule has 0 bridgehead atoms. The van der Waals surface area contributed by atoms with Crippen molar-refractivity contribution in [3.63, 3.8) is 0 Å². The van der Waals surface area contributed by atoms with E-state index in [1.165, 1.54) is 18.2 Å². The number of fused-ring (bicyclic) bond motifs is 1. The summed E-state index contributed by atoms with van der Waals surface area (Å²) < 4.78 is 26.6. The van der Waals surface area contributed by atoms with Crippen LogP contribution in [0.3, 0.4) is 0 Å². The first-order chi connectivity index (χ1) is 18.3. The van der Waals surface area contributed by atoms with Gasteiger partial charge in [0.15, 0.2) is 11.1 Å². The predicted molar refractivity (Wildman–Crippen MR) is 149 cm³/mol. The average Bonchev–Trinajstić information content (AvgIpc) is 2.86. The molecule has 39 heavy (non-hydrogen) atoms. The quantitative estimate of drug-likeness (QED) is 0.207. The first-order valence-electron chi connectivity index (χ1n) is 12.2. The molecule has 1 atom stereocenters. The number of hydrogen-bond donors (Lipinski definition) is 1. The van der Waals surface area contributed by atoms with Crippen molar-refractivity contribution in [3.05, 3.63) is 91.6 Å². The van der Waals surface area contributed by atoms with Gasteiger partial charge in [0.25, 0.3) is 0 Å². The van der Waals surface area contributed by atoms with E-state index in [0.29, 0.717) is 16.6 Å². The summed E-state index contributed by atoms with van der Waals surface area (Å²) in [6.45, 7) is 10.5. The zero-order valence-electron chi connectivity index (χ0n) is 22.4. The number of ether oxygens (including phenoxy) is 1. The molecule has 1 N–H and O–H groups in total. The monoisotopic (exact) mass is 547 g/mol. The van der Waals surface area contributed by atoms with E-state index in [2.05, 4.69) is 10.3 Å². The third kappa shape index (κ3) is 5.79. The Bertz CT molecular complexity index is 1720. The number of rotatable bonds is 5. The molecule has 0 radical (unpaired) electrons. The van der Waals surface area contributed by atoms with Gasteiger partial charge in [0.05, 0.1) is 34.3 Å². The van der Waals surface area contributed by atoms with Crippen molar-refractivity contribution in [1.29, 1.82) is 5.26 Å². The Morgan fingerprint density at radius 2 is 1.90 bits per heavy atom. The second-order valence-corrected chi connectivity index (χ2v) is 10.7. The Kier molecular flexibility index (Phi) is 7.49. The predicted octanol–water partition coefficient (Wildman–Crippen LogP) is 7.26. The molecule has 0 saturated carbocycles. The van der Waals surface area contributed by atoms with Crippen molar-refractivity contribution in [1.82, 2.24) is 4.98 Å². The molecule has 0 unspecified atom stereocenters. The van der Waals surface area contributed by atoms with Crippen molar-refractivity contribution in [2.24, 2.45) is 0 Å². The van der Waals surface area contributed by atoms with Crippen LogP contribution < -0.4 is 10.7 Å². The molecule has 0 aliphatic rings. The van der Waals surface area contributed by atoms with E-state index in [1.54, 1.807) is 45.9 Å². The van der Waals surface area contributed by atoms with Gasteiger partial charge in [-0.05, 0) is 83.5 Å². The number of carbonyl (C=O) groups is 1. The smallest absolute Gasteiger partial charge is 0.359 e. The lowest BCUT2D eigenvalue weighted by Crippen LogP contribution is -2.25. The van der Waals surface area contributed by atoms with Gasteiger partial charge in [-0.3, -0.25) is 4.79 Å². The van der Waals surface area contributed by atoms with Gasteiger partial charge in [-0.25, -0.2) is 14.2 Å². The van der Waals surface area contributed by atoms with Crippen molar-refractivity contribution >= 4 is 34.2 Å². The molecule has 4 rings (SSSR count). The third-order valence-electron chi connectivity index (χ3n) is 6.02. The molecule has 9 heteroatoms. The van der Waals surface area contributed by atoms with Gasteiger partial charge < -0.3 is 14.5 Å². The van der Waals surface area contributed by atoms with E-state index in [-0.39, 0.29) is 44.3 Å². The molecule has 0 aliphatic carbocycles. The fraction of sp³-hybridized carbons (Fsp3) is 0.267. The number of aryl methyl sites for hydroxylation is 1. The Morgan fingerprint density at radius 3 is 2.56 bits per heavy atom. The summed E-state index contributed by atoms with van der Waals surface area (Å²) in [4.78, 5) is 30.5. The topological polar surface area (TPSA) is 105 Å². The van der Waals surface area contributed by atoms with Crippen LogP contribution in [0.4, 0.5) is 10.1 Å². The zero-order chi connectivity index (χ0) is 28.6. The number of nitrogens with one attached hydrogen (secondary N) is 1. The molecular formula is C30H27ClFN3O4. The van der Waals surface area contributed by atoms with Crippen LogP contribution in [-0.4, -0.2) is 16.6 Å². The molecule has 2 heterocycles. The van der Waals surface area contributed by atoms with Gasteiger partial charge in [-0.2, -0.15) is 5.26 Å². The van der Waals surface area contributed by atoms with Crippen LogP contribution in [0.2, 0.25) is 5.15 Å². The summed E-state index contributed by atoms with van der Waals surface area (Å²) in [5.74, 6) is -1.22. The minimum absolute atomic E-state index is 0.00890. The largest absolute Gasteiger partial charge is 0.455 e. The lowest BCUT2D eigenvalue weighted by Gasteiger charge is -2.22. The van der Waals surface area contributed by atoms with Crippen molar-refractivity contribution in [2.75, 3.05) is 5.32 Å². The summed E-state index contributed by atoms with van der Waals surface area (Å²) in [7, 11) is 0. The summed E-state index contributed by atoms with van der Waals surface area (Å²) in [5.41, 5.74) is 1.48. The highest BCUT2D eigenvalue weighted by molar-refractivity contribution is 6.29. The minimum Gasteiger partial charge on any atom is -0.455 e. The maximum atomic E-state index is 14.8. The molecule has 0 amide bonds. The van der Waals surface area contributed by atoms with Crippen LogP contribution in [0, 0.1) is 31.0 Å². The maximum absolute atomic E-state index is 14.8. The molecule has 200 valence electrons. The van der Waals surface area contributed by atoms with E-state index in [0.717, 1.165) is 5.56 Å². The van der Waals surface area contributed by atoms with Crippen LogP contribution in [-0.2, 0) is 4.74 Å². The van der Waals surface area contributed by atoms with E-state index in [1.807, 2.05) is 26.0 Å². The second kappa shape index (κ2) is 10.5. The lowest BCUT2D eigenvalue weighted by molar-refractivity contribution is 0.00640. The van der Waals surface area contributed by atoms with E-state index < -0.39 is 23.4 Å². The Labute approximate surface area is 230 Å². The van der Waals surface area contributed by atoms with Gasteiger partial charge in [0.2, 0.25) is 0 Å². The van der Waals surface area contributed by atoms with E-state index in [9.17, 15) is 19.2 Å². The van der Waals surface area contributed by atoms with Crippen molar-refractivity contribution < 1.29 is 18.3 Å². The normalized spacial score (nSPS) is 12.2. The first kappa shape index (κ1) is 27.8. The number of pyridine rings is 1. The van der Waals surface area contributed by atoms with Gasteiger partial charge in [-0.1, -0.05) is 17.7 Å². The number of carbonyl (C=O) groups excluding carboxylic acids is 1. The lowest BCUT2D eigenvalue weighted by atomic mass is 9.98. The number of benzene rings is 2. The van der Waals surface area contributed by atoms with E-state index >= 15 is 0 Å². The first-order valence-corrected chi connectivity index (χ1v) is 12.6. The summed E-state index contributed by atoms with van der Waals surface area (Å²) in [6.07, 6.45) is 0. The highest BCUT2D eigenvalue weighted by Crippen LogP contribution is 2.34. The molecule has 4 aromatic rings. The SMILES string of the molecule is Cc1cc([C@@H](C)Nc2ccc(Cl)nc2C(=O)OC(C)(C)C)c2oc(-c3cc(C#N)ccc3F)c(C)c(=O)c2c1. The molecule has 0 fully saturated rings. The van der Waals surface area contributed by atoms with Crippen LogP contribution >= 0.6 is 11.6 Å². The Balaban J connectivity index is 1.86. The Hall–Kier alpha value is -4.22. The fourth-order valence-corrected chi connectivity index (χ4v) is 4.41. The highest BCUT2D eigenvalue weighted by atomic mass is 35.5. The maximum Gasteiger partial charge on any atom is 0.359 e. The van der Waals surface area contributed by atoms with Gasteiger partial charge in [-0.15, -0.1) is 0 Å². The number of nitrogens with zero attached hydrogens (tertiary/aromatic N) is 2. The van der Waals surface area contributed by atoms with Crippen molar-refractivity contribution in [3.8, 4) is 17.4 Å². The molecular weight excluding hydrogens is 521 g/mol. The number of hydrogen-bond acceptors (Lipinski definition) is 7. The summed E-state index contributed by atoms with van der Waals surface area (Å²) in [5, 5.41) is 13.0. The second-order valence-electron chi connectivity index (χ2n) is 10.3. The number of aromatic nitrogens is 1. The standard InChI is InChI=1S/C30H27ClFN3O4/c1-15-11-19(17(3)34-23-9-10-24(31)35-25(23)29(37)39-30(4,5)6)28-21(12-15)26(36)16(2)27(38-28)20-13-18(14-33)7-8-22(20)32/h7-13,17,34H,1-6H3/t17-/m1/s1. The van der Waals surface area contributed by atoms with Crippen molar-refractivity contribution in [2.45, 2.75) is 53.2 Å². The van der Waals surface area contributed by atoms with Crippen LogP contribution in [0.25, 0.3) is 22.3 Å². The van der Waals surface area contributed by atoms with Gasteiger partial charge in [0.1, 0.15) is 27.9 Å². The fourth-order valence-electron chi connectivity index (χ4n) is 4.26.